The molecule has 1 fully saturated rings. The van der Waals surface area contributed by atoms with Gasteiger partial charge in [-0.1, -0.05) is 35.9 Å². The van der Waals surface area contributed by atoms with Crippen LogP contribution in [0.4, 0.5) is 11.4 Å². The van der Waals surface area contributed by atoms with Crippen LogP contribution >= 0.6 is 23.8 Å². The van der Waals surface area contributed by atoms with Gasteiger partial charge in [0.05, 0.1) is 33.4 Å². The van der Waals surface area contributed by atoms with Gasteiger partial charge in [0.1, 0.15) is 11.8 Å². The lowest BCUT2D eigenvalue weighted by Crippen LogP contribution is -2.39. The van der Waals surface area contributed by atoms with Crippen LogP contribution in [0.15, 0.2) is 60.7 Å². The third kappa shape index (κ3) is 5.94. The number of hydrogen-bond donors (Lipinski definition) is 1. The highest BCUT2D eigenvalue weighted by atomic mass is 35.5. The Hall–Kier alpha value is -3.82. The van der Waals surface area contributed by atoms with Crippen LogP contribution in [0.3, 0.4) is 0 Å². The molecule has 0 spiro atoms. The Morgan fingerprint density at radius 2 is 1.69 bits per heavy atom. The second-order valence-electron chi connectivity index (χ2n) is 8.94. The maximum absolute atomic E-state index is 13.8. The maximum Gasteiger partial charge on any atom is 0.256 e. The summed E-state index contributed by atoms with van der Waals surface area (Å²) in [6, 6.07) is 17.3. The first-order chi connectivity index (χ1) is 18.8. The summed E-state index contributed by atoms with van der Waals surface area (Å²) in [5.41, 5.74) is 2.84. The minimum Gasteiger partial charge on any atom is -0.495 e. The Morgan fingerprint density at radius 3 is 2.41 bits per heavy atom. The van der Waals surface area contributed by atoms with E-state index in [2.05, 4.69) is 5.32 Å². The van der Waals surface area contributed by atoms with Crippen molar-refractivity contribution in [2.45, 2.75) is 25.8 Å². The van der Waals surface area contributed by atoms with Crippen molar-refractivity contribution in [3.8, 4) is 17.2 Å². The quantitative estimate of drug-likeness (QED) is 0.335. The van der Waals surface area contributed by atoms with Crippen LogP contribution in [0.2, 0.25) is 5.02 Å². The maximum atomic E-state index is 13.8. The number of methoxy groups -OCH3 is 3. The number of anilines is 2. The van der Waals surface area contributed by atoms with Gasteiger partial charge in [0.25, 0.3) is 5.91 Å². The topological polar surface area (TPSA) is 80.3 Å². The first-order valence-corrected chi connectivity index (χ1v) is 13.1. The number of rotatable bonds is 10. The fourth-order valence-electron chi connectivity index (χ4n) is 4.53. The predicted molar refractivity (Wildman–Crippen MR) is 156 cm³/mol. The van der Waals surface area contributed by atoms with Crippen LogP contribution in [-0.2, 0) is 16.0 Å². The van der Waals surface area contributed by atoms with E-state index in [9.17, 15) is 9.59 Å². The number of thiocarbonyl (C=S) groups is 1. The fourth-order valence-corrected chi connectivity index (χ4v) is 5.11. The van der Waals surface area contributed by atoms with E-state index in [1.165, 1.54) is 12.0 Å². The summed E-state index contributed by atoms with van der Waals surface area (Å²) in [4.78, 5) is 30.2. The van der Waals surface area contributed by atoms with Gasteiger partial charge in [-0.05, 0) is 73.1 Å². The molecule has 1 saturated heterocycles. The molecular weight excluding hydrogens is 538 g/mol. The summed E-state index contributed by atoms with van der Waals surface area (Å²) >= 11 is 12.0. The number of amides is 2. The van der Waals surface area contributed by atoms with Crippen molar-refractivity contribution >= 4 is 52.1 Å². The summed E-state index contributed by atoms with van der Waals surface area (Å²) in [7, 11) is 4.70. The lowest BCUT2D eigenvalue weighted by molar-refractivity contribution is -0.124. The van der Waals surface area contributed by atoms with Gasteiger partial charge in [-0.3, -0.25) is 14.5 Å². The van der Waals surface area contributed by atoms with Crippen LogP contribution in [0, 0.1) is 6.92 Å². The summed E-state index contributed by atoms with van der Waals surface area (Å²) in [6.45, 7) is 2.23. The number of ether oxygens (including phenoxy) is 3. The molecule has 2 amide bonds. The molecule has 0 bridgehead atoms. The first kappa shape index (κ1) is 28.2. The van der Waals surface area contributed by atoms with Crippen LogP contribution in [0.5, 0.6) is 17.2 Å². The van der Waals surface area contributed by atoms with Crippen molar-refractivity contribution < 1.29 is 23.8 Å². The zero-order valence-corrected chi connectivity index (χ0v) is 23.8. The van der Waals surface area contributed by atoms with Crippen LogP contribution in [0.25, 0.3) is 0 Å². The van der Waals surface area contributed by atoms with E-state index >= 15 is 0 Å². The Balaban J connectivity index is 1.61. The summed E-state index contributed by atoms with van der Waals surface area (Å²) in [5.74, 6) is 1.13. The van der Waals surface area contributed by atoms with E-state index in [0.717, 1.165) is 11.1 Å². The average molecular weight is 568 g/mol. The molecule has 0 radical (unpaired) electrons. The molecule has 1 heterocycles. The molecule has 1 aliphatic heterocycles. The number of hydrogen-bond acceptors (Lipinski definition) is 6. The Labute approximate surface area is 238 Å². The second kappa shape index (κ2) is 12.4. The molecule has 1 aliphatic rings. The average Bonchev–Trinajstić information content (AvgIpc) is 3.17. The van der Waals surface area contributed by atoms with E-state index in [0.29, 0.717) is 51.7 Å². The van der Waals surface area contributed by atoms with Crippen LogP contribution in [-0.4, -0.2) is 55.7 Å². The standard InChI is InChI=1S/C29H30ClN3O5S/c1-18-20(30)8-7-9-21(18)31-27(34)17-23-28(35)33(22-10-5-6-11-24(22)36-2)29(39)32(23)15-14-19-12-13-25(37-3)26(16-19)38-4/h5-13,16,23H,14-15,17H2,1-4H3,(H,31,34)/t23-/m0/s1. The van der Waals surface area contributed by atoms with E-state index in [4.69, 9.17) is 38.0 Å². The van der Waals surface area contributed by atoms with Gasteiger partial charge < -0.3 is 24.4 Å². The molecule has 3 aromatic rings. The summed E-state index contributed by atoms with van der Waals surface area (Å²) < 4.78 is 16.3. The predicted octanol–water partition coefficient (Wildman–Crippen LogP) is 5.25. The zero-order chi connectivity index (χ0) is 28.1. The molecule has 10 heteroatoms. The highest BCUT2D eigenvalue weighted by Gasteiger charge is 2.44. The van der Waals surface area contributed by atoms with Gasteiger partial charge in [-0.25, -0.2) is 0 Å². The van der Waals surface area contributed by atoms with Gasteiger partial charge >= 0.3 is 0 Å². The third-order valence-electron chi connectivity index (χ3n) is 6.65. The number of para-hydroxylation sites is 2. The third-order valence-corrected chi connectivity index (χ3v) is 7.48. The number of halogens is 1. The molecular formula is C29H30ClN3O5S. The number of benzene rings is 3. The molecule has 0 aromatic heterocycles. The molecule has 0 unspecified atom stereocenters. The van der Waals surface area contributed by atoms with Crippen molar-refractivity contribution in [3.63, 3.8) is 0 Å². The summed E-state index contributed by atoms with van der Waals surface area (Å²) in [5, 5.41) is 3.75. The smallest absolute Gasteiger partial charge is 0.256 e. The number of nitrogens with zero attached hydrogens (tertiary/aromatic N) is 2. The minimum absolute atomic E-state index is 0.0947. The van der Waals surface area contributed by atoms with Crippen molar-refractivity contribution in [1.29, 1.82) is 0 Å². The molecule has 39 heavy (non-hydrogen) atoms. The number of carbonyl (C=O) groups is 2. The Bertz CT molecular complexity index is 1400. The molecule has 4 rings (SSSR count). The lowest BCUT2D eigenvalue weighted by atomic mass is 10.1. The minimum atomic E-state index is -0.804. The fraction of sp³-hybridized carbons (Fsp3) is 0.276. The molecule has 1 N–H and O–H groups in total. The van der Waals surface area contributed by atoms with Gasteiger partial charge in [0.15, 0.2) is 16.6 Å². The monoisotopic (exact) mass is 567 g/mol. The van der Waals surface area contributed by atoms with Crippen LogP contribution in [0.1, 0.15) is 17.5 Å². The van der Waals surface area contributed by atoms with E-state index in [1.54, 1.807) is 49.5 Å². The normalized spacial score (nSPS) is 14.9. The molecule has 3 aromatic carbocycles. The Morgan fingerprint density at radius 1 is 0.974 bits per heavy atom. The molecule has 8 nitrogen and oxygen atoms in total. The molecule has 1 atom stereocenters. The zero-order valence-electron chi connectivity index (χ0n) is 22.2. The van der Waals surface area contributed by atoms with E-state index in [-0.39, 0.29) is 18.2 Å². The first-order valence-electron chi connectivity index (χ1n) is 12.3. The number of nitrogens with one attached hydrogen (secondary N) is 1. The van der Waals surface area contributed by atoms with E-state index < -0.39 is 6.04 Å². The van der Waals surface area contributed by atoms with Crippen molar-refractivity contribution in [1.82, 2.24) is 4.90 Å². The van der Waals surface area contributed by atoms with Crippen molar-refractivity contribution in [2.24, 2.45) is 0 Å². The Kier molecular flexibility index (Phi) is 8.93. The largest absolute Gasteiger partial charge is 0.495 e. The molecule has 204 valence electrons. The number of carbonyl (C=O) groups excluding carboxylic acids is 2. The lowest BCUT2D eigenvalue weighted by Gasteiger charge is -2.24. The highest BCUT2D eigenvalue weighted by Crippen LogP contribution is 2.35. The van der Waals surface area contributed by atoms with Gasteiger partial charge in [-0.2, -0.15) is 0 Å². The van der Waals surface area contributed by atoms with Gasteiger partial charge in [-0.15, -0.1) is 0 Å². The highest BCUT2D eigenvalue weighted by molar-refractivity contribution is 7.80. The van der Waals surface area contributed by atoms with Gasteiger partial charge in [0, 0.05) is 17.3 Å². The van der Waals surface area contributed by atoms with Crippen LogP contribution < -0.4 is 24.4 Å². The second-order valence-corrected chi connectivity index (χ2v) is 9.71. The van der Waals surface area contributed by atoms with Crippen molar-refractivity contribution in [2.75, 3.05) is 38.1 Å². The van der Waals surface area contributed by atoms with Gasteiger partial charge in [0.2, 0.25) is 5.91 Å². The van der Waals surface area contributed by atoms with E-state index in [1.807, 2.05) is 37.3 Å². The SMILES string of the molecule is COc1ccc(CCN2C(=S)N(c3ccccc3OC)C(=O)[C@@H]2CC(=O)Nc2cccc(Cl)c2C)cc1OC. The molecule has 0 aliphatic carbocycles. The molecule has 0 saturated carbocycles. The van der Waals surface area contributed by atoms with Crippen molar-refractivity contribution in [3.05, 3.63) is 76.8 Å². The summed E-state index contributed by atoms with van der Waals surface area (Å²) in [6.07, 6.45) is 0.460.